The van der Waals surface area contributed by atoms with Crippen LogP contribution in [0.4, 0.5) is 17.1 Å². The summed E-state index contributed by atoms with van der Waals surface area (Å²) in [6, 6.07) is 94.4. The van der Waals surface area contributed by atoms with Gasteiger partial charge in [-0.15, -0.1) is 0 Å². The monoisotopic (exact) mass is 844 g/mol. The van der Waals surface area contributed by atoms with E-state index in [1.54, 1.807) is 0 Å². The van der Waals surface area contributed by atoms with Crippen molar-refractivity contribution >= 4 is 41.4 Å². The van der Waals surface area contributed by atoms with Crippen molar-refractivity contribution in [2.45, 2.75) is 10.8 Å². The molecule has 0 fully saturated rings. The number of nitrogens with zero attached hydrogens (tertiary/aromatic N) is 1. The van der Waals surface area contributed by atoms with E-state index >= 15 is 0 Å². The van der Waals surface area contributed by atoms with Crippen molar-refractivity contribution < 1.29 is 4.74 Å². The van der Waals surface area contributed by atoms with Gasteiger partial charge in [0.1, 0.15) is 11.5 Å². The number of fused-ring (bicyclic) bond motifs is 11. The first-order valence-corrected chi connectivity index (χ1v) is 24.0. The predicted octanol–water partition coefficient (Wildman–Crippen LogP) is 12.8. The molecule has 2 aliphatic heterocycles. The highest BCUT2D eigenvalue weighted by atomic mass is 28.3. The molecule has 0 atom stereocenters. The van der Waals surface area contributed by atoms with Crippen molar-refractivity contribution in [2.75, 3.05) is 4.90 Å². The van der Waals surface area contributed by atoms with E-state index in [4.69, 9.17) is 4.74 Å². The molecule has 0 saturated heterocycles. The largest absolute Gasteiger partial charge is 0.457 e. The standard InChI is InChI=1S/C62H42NOSi/c1-5-21-43(22-6-1)61(44-23-7-2-8-24-44)51-30-14-13-29-49(51)50-39-37-46(41-56(50)61)63(45-25-9-3-10-26-45)47-38-40-55-60(42-47)65(48-27-11-4-12-28-48)59-36-20-17-33-54(59)62(55)52-31-15-18-34-57(52)64-58-35-19-16-32-53(58)62/h1-42H. The fourth-order valence-corrected chi connectivity index (χ4v) is 14.7. The fourth-order valence-electron chi connectivity index (χ4n) is 11.6. The summed E-state index contributed by atoms with van der Waals surface area (Å²) < 4.78 is 6.76. The van der Waals surface area contributed by atoms with Crippen molar-refractivity contribution in [1.29, 1.82) is 0 Å². The molecule has 10 aromatic carbocycles. The summed E-state index contributed by atoms with van der Waals surface area (Å²) in [5.74, 6) is 1.80. The lowest BCUT2D eigenvalue weighted by Crippen LogP contribution is -2.62. The maximum Gasteiger partial charge on any atom is 0.155 e. The molecule has 3 aliphatic rings. The summed E-state index contributed by atoms with van der Waals surface area (Å²) in [6.45, 7) is 0. The molecule has 10 aromatic rings. The van der Waals surface area contributed by atoms with Crippen LogP contribution in [-0.2, 0) is 10.8 Å². The van der Waals surface area contributed by atoms with Crippen molar-refractivity contribution in [3.63, 3.8) is 0 Å². The minimum atomic E-state index is -1.54. The van der Waals surface area contributed by atoms with Gasteiger partial charge in [0.05, 0.1) is 10.8 Å². The van der Waals surface area contributed by atoms with Gasteiger partial charge in [-0.25, -0.2) is 0 Å². The molecule has 0 saturated carbocycles. The smallest absolute Gasteiger partial charge is 0.155 e. The average molecular weight is 845 g/mol. The molecule has 1 aliphatic carbocycles. The van der Waals surface area contributed by atoms with Gasteiger partial charge in [-0.1, -0.05) is 211 Å². The van der Waals surface area contributed by atoms with Crippen LogP contribution >= 0.6 is 0 Å². The van der Waals surface area contributed by atoms with E-state index in [9.17, 15) is 0 Å². The normalized spacial score (nSPS) is 14.5. The summed E-state index contributed by atoms with van der Waals surface area (Å²) in [7, 11) is -1.54. The third-order valence-corrected chi connectivity index (χ3v) is 17.0. The van der Waals surface area contributed by atoms with Crippen LogP contribution in [0.25, 0.3) is 11.1 Å². The van der Waals surface area contributed by atoms with E-state index < -0.39 is 19.6 Å². The van der Waals surface area contributed by atoms with Crippen LogP contribution in [0.1, 0.15) is 44.5 Å². The van der Waals surface area contributed by atoms with Crippen molar-refractivity contribution in [2.24, 2.45) is 0 Å². The van der Waals surface area contributed by atoms with Crippen molar-refractivity contribution in [3.05, 3.63) is 299 Å². The number of hydrogen-bond acceptors (Lipinski definition) is 2. The Morgan fingerprint density at radius 2 is 0.785 bits per heavy atom. The predicted molar refractivity (Wildman–Crippen MR) is 268 cm³/mol. The van der Waals surface area contributed by atoms with Gasteiger partial charge in [-0.2, -0.15) is 0 Å². The molecular weight excluding hydrogens is 803 g/mol. The molecule has 0 amide bonds. The second kappa shape index (κ2) is 14.8. The lowest BCUT2D eigenvalue weighted by atomic mass is 9.63. The van der Waals surface area contributed by atoms with Crippen LogP contribution in [0.2, 0.25) is 0 Å². The molecule has 2 nitrogen and oxygen atoms in total. The second-order valence-electron chi connectivity index (χ2n) is 17.3. The van der Waals surface area contributed by atoms with Crippen LogP contribution < -0.4 is 25.2 Å². The number of hydrogen-bond donors (Lipinski definition) is 0. The number of benzene rings is 10. The molecule has 2 heterocycles. The number of para-hydroxylation sites is 3. The molecule has 13 rings (SSSR count). The summed E-state index contributed by atoms with van der Waals surface area (Å²) in [5, 5.41) is 4.14. The Kier molecular flexibility index (Phi) is 8.56. The molecular formula is C62H42NOSi. The molecule has 0 aromatic heterocycles. The van der Waals surface area contributed by atoms with Crippen molar-refractivity contribution in [1.82, 2.24) is 0 Å². The summed E-state index contributed by atoms with van der Waals surface area (Å²) in [5.41, 5.74) is 14.8. The van der Waals surface area contributed by atoms with Gasteiger partial charge in [0.15, 0.2) is 8.80 Å². The van der Waals surface area contributed by atoms with E-state index in [-0.39, 0.29) is 0 Å². The van der Waals surface area contributed by atoms with Gasteiger partial charge < -0.3 is 9.64 Å². The number of anilines is 3. The van der Waals surface area contributed by atoms with Crippen LogP contribution in [0.5, 0.6) is 11.5 Å². The van der Waals surface area contributed by atoms with E-state index in [0.717, 1.165) is 28.6 Å². The van der Waals surface area contributed by atoms with E-state index in [2.05, 4.69) is 260 Å². The highest BCUT2D eigenvalue weighted by molar-refractivity contribution is 6.96. The van der Waals surface area contributed by atoms with E-state index in [1.165, 1.54) is 71.2 Å². The number of rotatable bonds is 6. The zero-order valence-corrected chi connectivity index (χ0v) is 36.6. The quantitative estimate of drug-likeness (QED) is 0.155. The van der Waals surface area contributed by atoms with Gasteiger partial charge in [-0.05, 0) is 103 Å². The van der Waals surface area contributed by atoms with Gasteiger partial charge in [0.25, 0.3) is 0 Å². The first-order chi connectivity index (χ1) is 32.3. The van der Waals surface area contributed by atoms with Crippen LogP contribution in [0.3, 0.4) is 0 Å². The Balaban J connectivity index is 1.10. The fraction of sp³-hybridized carbons (Fsp3) is 0.0323. The molecule has 305 valence electrons. The highest BCUT2D eigenvalue weighted by Crippen LogP contribution is 2.58. The second-order valence-corrected chi connectivity index (χ2v) is 19.7. The van der Waals surface area contributed by atoms with E-state index in [0.29, 0.717) is 0 Å². The SMILES string of the molecule is c1ccc(N(c2ccc3c(c2)[Si](c2ccccc2)c2ccccc2C32c3ccccc3Oc3ccccc32)c2ccc3c(c2)C(c2ccccc2)(c2ccccc2)c2ccccc2-3)cc1. The maximum atomic E-state index is 6.76. The maximum absolute atomic E-state index is 6.76. The zero-order chi connectivity index (χ0) is 43.0. The third-order valence-electron chi connectivity index (χ3n) is 14.1. The summed E-state index contributed by atoms with van der Waals surface area (Å²) in [6.07, 6.45) is 0. The van der Waals surface area contributed by atoms with Crippen LogP contribution in [0.15, 0.2) is 255 Å². The topological polar surface area (TPSA) is 12.5 Å². The zero-order valence-electron chi connectivity index (χ0n) is 35.6. The van der Waals surface area contributed by atoms with E-state index in [1.807, 2.05) is 0 Å². The van der Waals surface area contributed by atoms with Crippen molar-refractivity contribution in [3.8, 4) is 22.6 Å². The summed E-state index contributed by atoms with van der Waals surface area (Å²) >= 11 is 0. The Hall–Kier alpha value is -7.98. The van der Waals surface area contributed by atoms with Gasteiger partial charge >= 0.3 is 0 Å². The molecule has 0 N–H and O–H groups in total. The van der Waals surface area contributed by atoms with Gasteiger partial charge in [0, 0.05) is 28.2 Å². The molecule has 1 radical (unpaired) electrons. The average Bonchev–Trinajstić information content (AvgIpc) is 3.68. The lowest BCUT2D eigenvalue weighted by Gasteiger charge is -2.47. The first-order valence-electron chi connectivity index (χ1n) is 22.5. The lowest BCUT2D eigenvalue weighted by molar-refractivity contribution is 0.435. The van der Waals surface area contributed by atoms with Gasteiger partial charge in [0.2, 0.25) is 0 Å². The van der Waals surface area contributed by atoms with Gasteiger partial charge in [-0.3, -0.25) is 0 Å². The molecule has 0 unspecified atom stereocenters. The van der Waals surface area contributed by atoms with Crippen LogP contribution in [0, 0.1) is 0 Å². The Bertz CT molecular complexity index is 3340. The number of ether oxygens (including phenoxy) is 1. The first kappa shape index (κ1) is 37.6. The Morgan fingerprint density at radius 1 is 0.308 bits per heavy atom. The minimum Gasteiger partial charge on any atom is -0.457 e. The molecule has 3 heteroatoms. The summed E-state index contributed by atoms with van der Waals surface area (Å²) in [4.78, 5) is 2.48. The third kappa shape index (κ3) is 5.40. The van der Waals surface area contributed by atoms with Crippen LogP contribution in [-0.4, -0.2) is 8.80 Å². The highest BCUT2D eigenvalue weighted by Gasteiger charge is 2.52. The molecule has 1 spiro atoms. The molecule has 65 heavy (non-hydrogen) atoms. The molecule has 0 bridgehead atoms. The minimum absolute atomic E-state index is 0.522. The Morgan fingerprint density at radius 3 is 1.45 bits per heavy atom. The Labute approximate surface area is 382 Å².